The van der Waals surface area contributed by atoms with E-state index in [0.29, 0.717) is 0 Å². The van der Waals surface area contributed by atoms with Gasteiger partial charge in [-0.05, 0) is 17.5 Å². The zero-order valence-electron chi connectivity index (χ0n) is 6.35. The lowest BCUT2D eigenvalue weighted by molar-refractivity contribution is 0.199. The molecule has 0 aliphatic carbocycles. The Morgan fingerprint density at radius 1 is 1.83 bits per heavy atom. The number of carbonyl (C=O) groups is 1. The van der Waals surface area contributed by atoms with Crippen molar-refractivity contribution in [2.75, 3.05) is 11.9 Å². The SMILES string of the molecule is CN(C(=O)OC#N)c1cccs1. The molecule has 1 amide bonds. The molecule has 1 rings (SSSR count). The molecule has 0 aliphatic heterocycles. The van der Waals surface area contributed by atoms with Crippen LogP contribution < -0.4 is 4.90 Å². The quantitative estimate of drug-likeness (QED) is 0.622. The topological polar surface area (TPSA) is 53.3 Å². The Hall–Kier alpha value is -1.54. The molecule has 0 aliphatic rings. The summed E-state index contributed by atoms with van der Waals surface area (Å²) in [6, 6.07) is 3.58. The first-order valence-corrected chi connectivity index (χ1v) is 4.01. The summed E-state index contributed by atoms with van der Waals surface area (Å²) in [5, 5.41) is 10.7. The van der Waals surface area contributed by atoms with E-state index in [1.165, 1.54) is 22.5 Å². The molecule has 0 atom stereocenters. The summed E-state index contributed by atoms with van der Waals surface area (Å²) >= 11 is 1.40. The van der Waals surface area contributed by atoms with Gasteiger partial charge in [0.2, 0.25) is 0 Å². The number of hydrogen-bond donors (Lipinski definition) is 0. The predicted molar refractivity (Wildman–Crippen MR) is 44.8 cm³/mol. The average Bonchev–Trinajstić information content (AvgIpc) is 2.55. The van der Waals surface area contributed by atoms with Gasteiger partial charge in [-0.1, -0.05) is 0 Å². The molecule has 1 heterocycles. The van der Waals surface area contributed by atoms with Gasteiger partial charge in [0.1, 0.15) is 5.00 Å². The monoisotopic (exact) mass is 182 g/mol. The minimum absolute atomic E-state index is 0.667. The zero-order valence-corrected chi connectivity index (χ0v) is 7.17. The second kappa shape index (κ2) is 3.74. The van der Waals surface area contributed by atoms with Crippen LogP contribution in [-0.4, -0.2) is 13.1 Å². The number of rotatable bonds is 1. The summed E-state index contributed by atoms with van der Waals surface area (Å²) in [4.78, 5) is 12.2. The van der Waals surface area contributed by atoms with Crippen LogP contribution in [0.15, 0.2) is 17.5 Å². The molecule has 12 heavy (non-hydrogen) atoms. The van der Waals surface area contributed by atoms with Gasteiger partial charge in [0.15, 0.2) is 0 Å². The van der Waals surface area contributed by atoms with Gasteiger partial charge in [0.05, 0.1) is 0 Å². The largest absolute Gasteiger partial charge is 0.430 e. The highest BCUT2D eigenvalue weighted by atomic mass is 32.1. The van der Waals surface area contributed by atoms with E-state index in [-0.39, 0.29) is 0 Å². The van der Waals surface area contributed by atoms with Crippen molar-refractivity contribution in [3.8, 4) is 6.26 Å². The smallest absolute Gasteiger partial charge is 0.333 e. The van der Waals surface area contributed by atoms with Crippen molar-refractivity contribution in [3.63, 3.8) is 0 Å². The molecule has 62 valence electrons. The molecule has 1 aromatic rings. The first kappa shape index (κ1) is 8.56. The Morgan fingerprint density at radius 3 is 3.08 bits per heavy atom. The van der Waals surface area contributed by atoms with Gasteiger partial charge in [-0.3, -0.25) is 4.90 Å². The van der Waals surface area contributed by atoms with E-state index < -0.39 is 6.09 Å². The van der Waals surface area contributed by atoms with Crippen molar-refractivity contribution in [2.45, 2.75) is 0 Å². The van der Waals surface area contributed by atoms with Crippen molar-refractivity contribution in [1.29, 1.82) is 5.26 Å². The second-order valence-corrected chi connectivity index (χ2v) is 2.90. The highest BCUT2D eigenvalue weighted by molar-refractivity contribution is 7.14. The molecule has 0 aromatic carbocycles. The maximum absolute atomic E-state index is 10.9. The van der Waals surface area contributed by atoms with E-state index >= 15 is 0 Å². The van der Waals surface area contributed by atoms with E-state index in [2.05, 4.69) is 4.74 Å². The Bertz CT molecular complexity index is 302. The van der Waals surface area contributed by atoms with Gasteiger partial charge < -0.3 is 4.74 Å². The van der Waals surface area contributed by atoms with Crippen LogP contribution in [0.2, 0.25) is 0 Å². The summed E-state index contributed by atoms with van der Waals surface area (Å²) in [6.07, 6.45) is 0.657. The fourth-order valence-corrected chi connectivity index (χ4v) is 1.34. The van der Waals surface area contributed by atoms with Crippen molar-refractivity contribution in [3.05, 3.63) is 17.5 Å². The summed E-state index contributed by atoms with van der Waals surface area (Å²) in [5.41, 5.74) is 0. The van der Waals surface area contributed by atoms with Crippen LogP contribution in [0.1, 0.15) is 0 Å². The van der Waals surface area contributed by atoms with Crippen molar-refractivity contribution in [2.24, 2.45) is 0 Å². The molecule has 0 unspecified atom stereocenters. The van der Waals surface area contributed by atoms with E-state index in [1.807, 2.05) is 11.4 Å². The third-order valence-electron chi connectivity index (χ3n) is 1.24. The number of hydrogen-bond acceptors (Lipinski definition) is 4. The van der Waals surface area contributed by atoms with E-state index in [0.717, 1.165) is 5.00 Å². The predicted octanol–water partition coefficient (Wildman–Crippen LogP) is 1.80. The van der Waals surface area contributed by atoms with E-state index in [9.17, 15) is 4.79 Å². The molecule has 0 radical (unpaired) electrons. The maximum Gasteiger partial charge on any atom is 0.430 e. The summed E-state index contributed by atoms with van der Waals surface area (Å²) in [5.74, 6) is 0. The normalized spacial score (nSPS) is 8.67. The average molecular weight is 182 g/mol. The molecule has 0 N–H and O–H groups in total. The van der Waals surface area contributed by atoms with Gasteiger partial charge in [0, 0.05) is 7.05 Å². The minimum atomic E-state index is -0.667. The van der Waals surface area contributed by atoms with Crippen molar-refractivity contribution < 1.29 is 9.53 Å². The summed E-state index contributed by atoms with van der Waals surface area (Å²) in [6.45, 7) is 0. The summed E-state index contributed by atoms with van der Waals surface area (Å²) < 4.78 is 4.13. The molecular formula is C7H6N2O2S. The molecule has 0 spiro atoms. The summed E-state index contributed by atoms with van der Waals surface area (Å²) in [7, 11) is 1.55. The number of anilines is 1. The first-order chi connectivity index (χ1) is 5.75. The third kappa shape index (κ3) is 1.74. The Kier molecular flexibility index (Phi) is 2.66. The number of amides is 1. The maximum atomic E-state index is 10.9. The van der Waals surface area contributed by atoms with Crippen molar-refractivity contribution >= 4 is 22.4 Å². The van der Waals surface area contributed by atoms with Crippen LogP contribution in [0.25, 0.3) is 0 Å². The van der Waals surface area contributed by atoms with E-state index in [1.54, 1.807) is 13.1 Å². The van der Waals surface area contributed by atoms with Crippen LogP contribution in [0, 0.1) is 11.5 Å². The molecule has 0 bridgehead atoms. The van der Waals surface area contributed by atoms with E-state index in [4.69, 9.17) is 5.26 Å². The minimum Gasteiger partial charge on any atom is -0.333 e. The molecule has 5 heteroatoms. The lowest BCUT2D eigenvalue weighted by Crippen LogP contribution is -2.24. The van der Waals surface area contributed by atoms with Gasteiger partial charge in [-0.25, -0.2) is 4.79 Å². The molecule has 0 saturated carbocycles. The number of thiophene rings is 1. The third-order valence-corrected chi connectivity index (χ3v) is 2.19. The fourth-order valence-electron chi connectivity index (χ4n) is 0.658. The second-order valence-electron chi connectivity index (χ2n) is 1.97. The number of carbonyl (C=O) groups excluding carboxylic acids is 1. The lowest BCUT2D eigenvalue weighted by atomic mass is 10.6. The highest BCUT2D eigenvalue weighted by Gasteiger charge is 2.12. The number of nitriles is 1. The van der Waals surface area contributed by atoms with Crippen LogP contribution in [0.3, 0.4) is 0 Å². The number of nitrogens with zero attached hydrogens (tertiary/aromatic N) is 2. The van der Waals surface area contributed by atoms with Crippen LogP contribution in [-0.2, 0) is 4.74 Å². The van der Waals surface area contributed by atoms with Gasteiger partial charge >= 0.3 is 6.09 Å². The van der Waals surface area contributed by atoms with Crippen LogP contribution in [0.5, 0.6) is 0 Å². The molecule has 4 nitrogen and oxygen atoms in total. The standard InChI is InChI=1S/C7H6N2O2S/c1-9(7(10)11-5-8)6-3-2-4-12-6/h2-4H,1H3. The molecule has 0 fully saturated rings. The molecular weight excluding hydrogens is 176 g/mol. The fraction of sp³-hybridized carbons (Fsp3) is 0.143. The Morgan fingerprint density at radius 2 is 2.58 bits per heavy atom. The Labute approximate surface area is 73.6 Å². The zero-order chi connectivity index (χ0) is 8.97. The first-order valence-electron chi connectivity index (χ1n) is 3.13. The van der Waals surface area contributed by atoms with Crippen LogP contribution >= 0.6 is 11.3 Å². The lowest BCUT2D eigenvalue weighted by Gasteiger charge is -2.10. The molecule has 1 aromatic heterocycles. The Balaban J connectivity index is 2.67. The number of ether oxygens (including phenoxy) is 1. The molecule has 0 saturated heterocycles. The van der Waals surface area contributed by atoms with Crippen molar-refractivity contribution in [1.82, 2.24) is 0 Å². The van der Waals surface area contributed by atoms with Crippen LogP contribution in [0.4, 0.5) is 9.80 Å². The highest BCUT2D eigenvalue weighted by Crippen LogP contribution is 2.19. The van der Waals surface area contributed by atoms with Gasteiger partial charge in [0.25, 0.3) is 6.26 Å². The van der Waals surface area contributed by atoms with Gasteiger partial charge in [-0.2, -0.15) is 0 Å². The van der Waals surface area contributed by atoms with Gasteiger partial charge in [-0.15, -0.1) is 16.6 Å².